The fourth-order valence-electron chi connectivity index (χ4n) is 5.50. The van der Waals surface area contributed by atoms with Gasteiger partial charge in [0.25, 0.3) is 0 Å². The van der Waals surface area contributed by atoms with Crippen molar-refractivity contribution in [2.24, 2.45) is 0 Å². The van der Waals surface area contributed by atoms with E-state index in [1.165, 1.54) is 34.7 Å². The molecule has 42 heavy (non-hydrogen) atoms. The molecule has 1 amide bonds. The van der Waals surface area contributed by atoms with Gasteiger partial charge in [-0.3, -0.25) is 9.78 Å². The van der Waals surface area contributed by atoms with Crippen LogP contribution in [-0.4, -0.2) is 24.0 Å². The van der Waals surface area contributed by atoms with Crippen LogP contribution in [0.25, 0.3) is 11.1 Å². The lowest BCUT2D eigenvalue weighted by molar-refractivity contribution is -0.118. The number of hydrogen-bond acceptors (Lipinski definition) is 6. The average Bonchev–Trinajstić information content (AvgIpc) is 3.51. The van der Waals surface area contributed by atoms with Crippen molar-refractivity contribution in [1.82, 2.24) is 15.6 Å². The molecule has 7 heteroatoms. The number of pyridine rings is 1. The zero-order valence-corrected chi connectivity index (χ0v) is 24.2. The van der Waals surface area contributed by atoms with E-state index in [2.05, 4.69) is 71.1 Å². The second-order valence-corrected chi connectivity index (χ2v) is 10.5. The van der Waals surface area contributed by atoms with Gasteiger partial charge in [0.05, 0.1) is 5.56 Å². The van der Waals surface area contributed by atoms with Crippen LogP contribution in [0.2, 0.25) is 0 Å². The molecule has 0 fully saturated rings. The van der Waals surface area contributed by atoms with Gasteiger partial charge in [-0.25, -0.2) is 0 Å². The summed E-state index contributed by atoms with van der Waals surface area (Å²) in [6.45, 7) is 6.25. The summed E-state index contributed by atoms with van der Waals surface area (Å²) in [4.78, 5) is 15.4. The standard InChI is InChI=1S/C35H36N4O3/c1-24-29(10-6-11-30(24)28-8-4-3-5-9-28)23-42-34-17-35(41-22-27-16-26(18-36)19-38-20-27)33(31-12-7-13-32(31)34)21-37-14-15-39-25(2)40/h3-6,8-11,16-17,19-20,37H,7,12-15,21-23H2,1-2H3,(H,39,40). The van der Waals surface area contributed by atoms with Crippen molar-refractivity contribution >= 4 is 5.91 Å². The van der Waals surface area contributed by atoms with Crippen LogP contribution in [0.4, 0.5) is 0 Å². The highest BCUT2D eigenvalue weighted by molar-refractivity contribution is 5.72. The van der Waals surface area contributed by atoms with E-state index in [0.717, 1.165) is 47.5 Å². The zero-order chi connectivity index (χ0) is 29.3. The quantitative estimate of drug-likeness (QED) is 0.213. The van der Waals surface area contributed by atoms with Crippen LogP contribution in [0.15, 0.2) is 73.1 Å². The summed E-state index contributed by atoms with van der Waals surface area (Å²) in [6.07, 6.45) is 6.24. The Bertz CT molecular complexity index is 1590. The number of amides is 1. The number of nitrogens with zero attached hydrogens (tertiary/aromatic N) is 2. The molecule has 0 spiro atoms. The zero-order valence-electron chi connectivity index (χ0n) is 24.2. The molecule has 0 saturated carbocycles. The van der Waals surface area contributed by atoms with Gasteiger partial charge < -0.3 is 20.1 Å². The lowest BCUT2D eigenvalue weighted by Gasteiger charge is -2.20. The van der Waals surface area contributed by atoms with Crippen LogP contribution in [0.5, 0.6) is 11.5 Å². The molecule has 3 aromatic carbocycles. The number of carbonyl (C=O) groups is 1. The number of benzene rings is 3. The summed E-state index contributed by atoms with van der Waals surface area (Å²) in [5.74, 6) is 1.57. The van der Waals surface area contributed by atoms with E-state index >= 15 is 0 Å². The normalized spacial score (nSPS) is 11.9. The minimum Gasteiger partial charge on any atom is -0.488 e. The van der Waals surface area contributed by atoms with E-state index in [0.29, 0.717) is 31.8 Å². The fraction of sp³-hybridized carbons (Fsp3) is 0.286. The number of nitriles is 1. The Labute approximate surface area is 247 Å². The van der Waals surface area contributed by atoms with Gasteiger partial charge in [0.1, 0.15) is 30.8 Å². The Kier molecular flexibility index (Phi) is 9.48. The van der Waals surface area contributed by atoms with Crippen LogP contribution in [0, 0.1) is 18.3 Å². The lowest BCUT2D eigenvalue weighted by Crippen LogP contribution is -2.30. The molecule has 0 bridgehead atoms. The van der Waals surface area contributed by atoms with E-state index in [4.69, 9.17) is 9.47 Å². The van der Waals surface area contributed by atoms with Crippen LogP contribution in [0.1, 0.15) is 52.3 Å². The fourth-order valence-corrected chi connectivity index (χ4v) is 5.50. The molecule has 0 saturated heterocycles. The maximum atomic E-state index is 11.3. The lowest BCUT2D eigenvalue weighted by atomic mass is 9.97. The number of carbonyl (C=O) groups excluding carboxylic acids is 1. The summed E-state index contributed by atoms with van der Waals surface area (Å²) in [6, 6.07) is 22.8. The SMILES string of the molecule is CC(=O)NCCNCc1c(OCc2cncc(C#N)c2)cc(OCc2cccc(-c3ccccc3)c2C)c2c1CCC2. The monoisotopic (exact) mass is 560 g/mol. The number of aromatic nitrogens is 1. The molecule has 0 unspecified atom stereocenters. The van der Waals surface area contributed by atoms with Crippen LogP contribution >= 0.6 is 0 Å². The van der Waals surface area contributed by atoms with E-state index < -0.39 is 0 Å². The largest absolute Gasteiger partial charge is 0.488 e. The van der Waals surface area contributed by atoms with Gasteiger partial charge in [0, 0.05) is 56.1 Å². The number of nitrogens with one attached hydrogen (secondary N) is 2. The van der Waals surface area contributed by atoms with Gasteiger partial charge in [-0.2, -0.15) is 5.26 Å². The summed E-state index contributed by atoms with van der Waals surface area (Å²) < 4.78 is 13.0. The Hall–Kier alpha value is -4.67. The van der Waals surface area contributed by atoms with Gasteiger partial charge in [-0.05, 0) is 65.6 Å². The first kappa shape index (κ1) is 28.8. The van der Waals surface area contributed by atoms with Crippen molar-refractivity contribution in [1.29, 1.82) is 5.26 Å². The van der Waals surface area contributed by atoms with Crippen molar-refractivity contribution < 1.29 is 14.3 Å². The Morgan fingerprint density at radius 2 is 1.76 bits per heavy atom. The molecule has 4 aromatic rings. The van der Waals surface area contributed by atoms with Gasteiger partial charge in [-0.1, -0.05) is 48.5 Å². The van der Waals surface area contributed by atoms with Crippen molar-refractivity contribution in [2.45, 2.75) is 52.9 Å². The summed E-state index contributed by atoms with van der Waals surface area (Å²) in [5.41, 5.74) is 9.72. The first-order chi connectivity index (χ1) is 20.5. The van der Waals surface area contributed by atoms with Crippen LogP contribution in [0.3, 0.4) is 0 Å². The number of hydrogen-bond donors (Lipinski definition) is 2. The molecule has 0 radical (unpaired) electrons. The summed E-state index contributed by atoms with van der Waals surface area (Å²) in [7, 11) is 0. The predicted octanol–water partition coefficient (Wildman–Crippen LogP) is 5.80. The first-order valence-corrected chi connectivity index (χ1v) is 14.4. The van der Waals surface area contributed by atoms with Gasteiger partial charge in [0.15, 0.2) is 0 Å². The second-order valence-electron chi connectivity index (χ2n) is 10.5. The molecule has 1 aliphatic carbocycles. The molecular weight excluding hydrogens is 524 g/mol. The van der Waals surface area contributed by atoms with Crippen molar-refractivity contribution in [3.8, 4) is 28.7 Å². The van der Waals surface area contributed by atoms with Gasteiger partial charge in [-0.15, -0.1) is 0 Å². The maximum Gasteiger partial charge on any atom is 0.216 e. The third-order valence-electron chi connectivity index (χ3n) is 7.65. The highest BCUT2D eigenvalue weighted by atomic mass is 16.5. The van der Waals surface area contributed by atoms with Gasteiger partial charge >= 0.3 is 0 Å². The maximum absolute atomic E-state index is 11.3. The molecule has 1 heterocycles. The van der Waals surface area contributed by atoms with Crippen molar-refractivity contribution in [3.63, 3.8) is 0 Å². The third-order valence-corrected chi connectivity index (χ3v) is 7.65. The van der Waals surface area contributed by atoms with Crippen LogP contribution < -0.4 is 20.1 Å². The van der Waals surface area contributed by atoms with Crippen molar-refractivity contribution in [3.05, 3.63) is 112 Å². The number of fused-ring (bicyclic) bond motifs is 1. The molecule has 1 aliphatic rings. The number of ether oxygens (including phenoxy) is 2. The number of rotatable bonds is 12. The predicted molar refractivity (Wildman–Crippen MR) is 163 cm³/mol. The highest BCUT2D eigenvalue weighted by Crippen LogP contribution is 2.40. The van der Waals surface area contributed by atoms with Crippen molar-refractivity contribution in [2.75, 3.05) is 13.1 Å². The second kappa shape index (κ2) is 13.8. The Balaban J connectivity index is 1.40. The molecule has 2 N–H and O–H groups in total. The molecule has 0 atom stereocenters. The van der Waals surface area contributed by atoms with E-state index in [1.807, 2.05) is 12.1 Å². The average molecular weight is 561 g/mol. The molecule has 7 nitrogen and oxygen atoms in total. The topological polar surface area (TPSA) is 96.3 Å². The highest BCUT2D eigenvalue weighted by Gasteiger charge is 2.24. The molecule has 214 valence electrons. The van der Waals surface area contributed by atoms with E-state index in [9.17, 15) is 10.1 Å². The molecule has 5 rings (SSSR count). The van der Waals surface area contributed by atoms with Gasteiger partial charge in [0.2, 0.25) is 5.91 Å². The third kappa shape index (κ3) is 6.96. The summed E-state index contributed by atoms with van der Waals surface area (Å²) >= 11 is 0. The Morgan fingerprint density at radius 1 is 0.952 bits per heavy atom. The van der Waals surface area contributed by atoms with E-state index in [-0.39, 0.29) is 12.5 Å². The summed E-state index contributed by atoms with van der Waals surface area (Å²) in [5, 5.41) is 15.6. The van der Waals surface area contributed by atoms with E-state index in [1.54, 1.807) is 18.5 Å². The molecular formula is C35H36N4O3. The van der Waals surface area contributed by atoms with Crippen LogP contribution in [-0.2, 0) is 37.4 Å². The molecule has 0 aliphatic heterocycles. The smallest absolute Gasteiger partial charge is 0.216 e. The first-order valence-electron chi connectivity index (χ1n) is 14.4. The minimum absolute atomic E-state index is 0.0408. The Morgan fingerprint density at radius 3 is 2.57 bits per heavy atom. The molecule has 1 aromatic heterocycles. The minimum atomic E-state index is -0.0408.